The van der Waals surface area contributed by atoms with Crippen LogP contribution >= 0.6 is 0 Å². The van der Waals surface area contributed by atoms with Gasteiger partial charge in [0, 0.05) is 13.2 Å². The van der Waals surface area contributed by atoms with Gasteiger partial charge < -0.3 is 14.0 Å². The zero-order chi connectivity index (χ0) is 8.74. The van der Waals surface area contributed by atoms with Crippen LogP contribution < -0.4 is 0 Å². The van der Waals surface area contributed by atoms with Crippen molar-refractivity contribution in [3.63, 3.8) is 0 Å². The fourth-order valence-corrected chi connectivity index (χ4v) is 2.92. The molecular weight excluding hydrogens is 160 g/mol. The first-order chi connectivity index (χ1) is 5.24. The average molecular weight is 178 g/mol. The second-order valence-electron chi connectivity index (χ2n) is 2.29. The molecule has 0 aliphatic carbocycles. The minimum Gasteiger partial charge on any atom is -0.394 e. The van der Waals surface area contributed by atoms with Crippen LogP contribution in [0.2, 0.25) is 6.04 Å². The van der Waals surface area contributed by atoms with Crippen molar-refractivity contribution >= 4 is 8.56 Å². The molecule has 68 valence electrons. The van der Waals surface area contributed by atoms with Gasteiger partial charge in [-0.05, 0) is 19.9 Å². The van der Waals surface area contributed by atoms with E-state index in [0.717, 1.165) is 6.04 Å². The van der Waals surface area contributed by atoms with E-state index in [2.05, 4.69) is 0 Å². The second-order valence-corrected chi connectivity index (χ2v) is 5.71. The first kappa shape index (κ1) is 11.1. The third kappa shape index (κ3) is 3.33. The molecule has 0 amide bonds. The molecule has 0 spiro atoms. The molecular formula is C7H18O3Si. The Bertz CT molecular complexity index is 85.7. The Labute approximate surface area is 69.6 Å². The van der Waals surface area contributed by atoms with Crippen molar-refractivity contribution in [3.8, 4) is 0 Å². The van der Waals surface area contributed by atoms with E-state index in [1.807, 2.05) is 20.8 Å². The van der Waals surface area contributed by atoms with Gasteiger partial charge >= 0.3 is 8.56 Å². The Morgan fingerprint density at radius 1 is 1.09 bits per heavy atom. The van der Waals surface area contributed by atoms with Crippen LogP contribution in [0.5, 0.6) is 0 Å². The molecule has 0 heterocycles. The summed E-state index contributed by atoms with van der Waals surface area (Å²) < 4.78 is 10.9. The van der Waals surface area contributed by atoms with Crippen LogP contribution in [-0.2, 0) is 8.85 Å². The fourth-order valence-electron chi connectivity index (χ4n) is 0.975. The highest BCUT2D eigenvalue weighted by molar-refractivity contribution is 6.67. The Kier molecular flexibility index (Phi) is 5.76. The minimum absolute atomic E-state index is 0.0607. The first-order valence-corrected chi connectivity index (χ1v) is 6.36. The average Bonchev–Trinajstić information content (AvgIpc) is 2.04. The van der Waals surface area contributed by atoms with Crippen LogP contribution in [0.3, 0.4) is 0 Å². The number of hydrogen-bond acceptors (Lipinski definition) is 3. The summed E-state index contributed by atoms with van der Waals surface area (Å²) in [5.41, 5.74) is 0. The molecule has 0 unspecified atom stereocenters. The topological polar surface area (TPSA) is 38.7 Å². The van der Waals surface area contributed by atoms with Gasteiger partial charge in [-0.25, -0.2) is 0 Å². The van der Waals surface area contributed by atoms with Crippen molar-refractivity contribution in [1.29, 1.82) is 0 Å². The molecule has 0 fully saturated rings. The Balaban J connectivity index is 3.96. The third-order valence-corrected chi connectivity index (χ3v) is 4.78. The molecule has 0 aliphatic rings. The number of rotatable bonds is 6. The molecule has 0 atom stereocenters. The Morgan fingerprint density at radius 3 is 1.73 bits per heavy atom. The zero-order valence-corrected chi connectivity index (χ0v) is 8.59. The highest BCUT2D eigenvalue weighted by atomic mass is 28.4. The molecule has 0 bridgehead atoms. The maximum absolute atomic E-state index is 9.05. The van der Waals surface area contributed by atoms with Crippen molar-refractivity contribution in [2.24, 2.45) is 0 Å². The van der Waals surface area contributed by atoms with E-state index < -0.39 is 8.56 Å². The summed E-state index contributed by atoms with van der Waals surface area (Å²) in [6.07, 6.45) is 0.0607. The molecule has 0 aromatic carbocycles. The van der Waals surface area contributed by atoms with Gasteiger partial charge in [0.05, 0.1) is 6.23 Å². The highest BCUT2D eigenvalue weighted by Crippen LogP contribution is 2.11. The monoisotopic (exact) mass is 178 g/mol. The normalized spacial score (nSPS) is 12.0. The van der Waals surface area contributed by atoms with Crippen LogP contribution in [0.25, 0.3) is 0 Å². The lowest BCUT2D eigenvalue weighted by atomic mass is 10.9. The quantitative estimate of drug-likeness (QED) is 0.618. The van der Waals surface area contributed by atoms with Crippen LogP contribution in [-0.4, -0.2) is 33.1 Å². The van der Waals surface area contributed by atoms with Gasteiger partial charge in [0.1, 0.15) is 0 Å². The van der Waals surface area contributed by atoms with E-state index >= 15 is 0 Å². The lowest BCUT2D eigenvalue weighted by Crippen LogP contribution is -2.45. The van der Waals surface area contributed by atoms with Crippen molar-refractivity contribution in [1.82, 2.24) is 0 Å². The summed E-state index contributed by atoms with van der Waals surface area (Å²) in [4.78, 5) is 0. The summed E-state index contributed by atoms with van der Waals surface area (Å²) in [6, 6.07) is 0.811. The lowest BCUT2D eigenvalue weighted by molar-refractivity contribution is 0.153. The first-order valence-electron chi connectivity index (χ1n) is 4.13. The standard InChI is InChI=1S/C7H18O3Si/c1-4-9-11(6-3,7-8)10-5-2/h8H,4-7H2,1-3H3. The van der Waals surface area contributed by atoms with Crippen molar-refractivity contribution in [2.45, 2.75) is 26.8 Å². The van der Waals surface area contributed by atoms with Crippen molar-refractivity contribution in [3.05, 3.63) is 0 Å². The Hall–Kier alpha value is 0.0969. The molecule has 0 rings (SSSR count). The Morgan fingerprint density at radius 2 is 1.55 bits per heavy atom. The van der Waals surface area contributed by atoms with Gasteiger partial charge in [-0.2, -0.15) is 0 Å². The predicted molar refractivity (Wildman–Crippen MR) is 46.6 cm³/mol. The van der Waals surface area contributed by atoms with E-state index in [-0.39, 0.29) is 6.23 Å². The van der Waals surface area contributed by atoms with Crippen LogP contribution in [0.1, 0.15) is 20.8 Å². The predicted octanol–water partition coefficient (Wildman–Crippen LogP) is 1.05. The van der Waals surface area contributed by atoms with Gasteiger partial charge in [0.15, 0.2) is 0 Å². The largest absolute Gasteiger partial charge is 0.394 e. The maximum atomic E-state index is 9.05. The molecule has 3 nitrogen and oxygen atoms in total. The third-order valence-electron chi connectivity index (χ3n) is 1.59. The summed E-state index contributed by atoms with van der Waals surface area (Å²) in [5.74, 6) is 0. The van der Waals surface area contributed by atoms with Gasteiger partial charge in [-0.1, -0.05) is 6.92 Å². The SMILES string of the molecule is CCO[Si](CC)(CO)OCC. The summed E-state index contributed by atoms with van der Waals surface area (Å²) in [6.45, 7) is 7.09. The summed E-state index contributed by atoms with van der Waals surface area (Å²) >= 11 is 0. The molecule has 1 N–H and O–H groups in total. The smallest absolute Gasteiger partial charge is 0.364 e. The van der Waals surface area contributed by atoms with Gasteiger partial charge in [-0.3, -0.25) is 0 Å². The van der Waals surface area contributed by atoms with Crippen LogP contribution in [0.15, 0.2) is 0 Å². The number of hydrogen-bond donors (Lipinski definition) is 1. The number of aliphatic hydroxyl groups is 1. The molecule has 0 aliphatic heterocycles. The highest BCUT2D eigenvalue weighted by Gasteiger charge is 2.33. The molecule has 4 heteroatoms. The fraction of sp³-hybridized carbons (Fsp3) is 1.00. The second kappa shape index (κ2) is 5.71. The molecule has 11 heavy (non-hydrogen) atoms. The van der Waals surface area contributed by atoms with Gasteiger partial charge in [-0.15, -0.1) is 0 Å². The van der Waals surface area contributed by atoms with Gasteiger partial charge in [0.25, 0.3) is 0 Å². The van der Waals surface area contributed by atoms with Gasteiger partial charge in [0.2, 0.25) is 0 Å². The van der Waals surface area contributed by atoms with E-state index in [1.165, 1.54) is 0 Å². The molecule has 0 aromatic rings. The molecule has 0 saturated heterocycles. The molecule has 0 radical (unpaired) electrons. The van der Waals surface area contributed by atoms with Crippen molar-refractivity contribution < 1.29 is 14.0 Å². The lowest BCUT2D eigenvalue weighted by Gasteiger charge is -2.26. The minimum atomic E-state index is -2.19. The van der Waals surface area contributed by atoms with Crippen LogP contribution in [0.4, 0.5) is 0 Å². The van der Waals surface area contributed by atoms with E-state index in [0.29, 0.717) is 13.2 Å². The summed E-state index contributed by atoms with van der Waals surface area (Å²) in [7, 11) is -2.19. The number of aliphatic hydroxyl groups excluding tert-OH is 1. The maximum Gasteiger partial charge on any atom is 0.364 e. The van der Waals surface area contributed by atoms with E-state index in [1.54, 1.807) is 0 Å². The van der Waals surface area contributed by atoms with E-state index in [9.17, 15) is 0 Å². The molecule has 0 saturated carbocycles. The van der Waals surface area contributed by atoms with Crippen LogP contribution in [0, 0.1) is 0 Å². The van der Waals surface area contributed by atoms with E-state index in [4.69, 9.17) is 14.0 Å². The van der Waals surface area contributed by atoms with Crippen molar-refractivity contribution in [2.75, 3.05) is 19.4 Å². The zero-order valence-electron chi connectivity index (χ0n) is 7.59. The summed E-state index contributed by atoms with van der Waals surface area (Å²) in [5, 5.41) is 9.05. The molecule has 0 aromatic heterocycles.